The number of rotatable bonds is 6. The lowest BCUT2D eigenvalue weighted by atomic mass is 10.0. The van der Waals surface area contributed by atoms with Crippen LogP contribution in [0.1, 0.15) is 36.5 Å². The Balaban J connectivity index is 1.69. The van der Waals surface area contributed by atoms with E-state index >= 15 is 0 Å². The van der Waals surface area contributed by atoms with Crippen LogP contribution in [0.15, 0.2) is 41.3 Å². The average Bonchev–Trinajstić information content (AvgIpc) is 2.92. The van der Waals surface area contributed by atoms with Gasteiger partial charge in [0.1, 0.15) is 18.1 Å². The van der Waals surface area contributed by atoms with Crippen LogP contribution in [0, 0.1) is 10.5 Å². The second-order valence-electron chi connectivity index (χ2n) is 7.08. The summed E-state index contributed by atoms with van der Waals surface area (Å²) in [4.78, 5) is 26.5. The molecule has 3 rings (SSSR count). The number of phenols is 1. The quantitative estimate of drug-likeness (QED) is 0.398. The summed E-state index contributed by atoms with van der Waals surface area (Å²) in [5.41, 5.74) is 2.70. The minimum atomic E-state index is -0.366. The van der Waals surface area contributed by atoms with Crippen molar-refractivity contribution in [2.45, 2.75) is 26.7 Å². The molecule has 29 heavy (non-hydrogen) atoms. The summed E-state index contributed by atoms with van der Waals surface area (Å²) in [5.74, 6) is 0.801. The number of nitrogens with zero attached hydrogens (tertiary/aromatic N) is 1. The van der Waals surface area contributed by atoms with E-state index in [2.05, 4.69) is 36.4 Å². The lowest BCUT2D eigenvalue weighted by Crippen LogP contribution is -2.32. The zero-order valence-electron chi connectivity index (χ0n) is 16.4. The molecule has 0 saturated carbocycles. The maximum Gasteiger partial charge on any atom is 0.293 e. The third-order valence-electron chi connectivity index (χ3n) is 4.51. The van der Waals surface area contributed by atoms with Gasteiger partial charge < -0.3 is 9.84 Å². The summed E-state index contributed by atoms with van der Waals surface area (Å²) in [7, 11) is 0. The number of amides is 2. The van der Waals surface area contributed by atoms with Crippen LogP contribution >= 0.6 is 34.4 Å². The molecule has 0 radical (unpaired) electrons. The van der Waals surface area contributed by atoms with Crippen molar-refractivity contribution in [3.05, 3.63) is 61.6 Å². The van der Waals surface area contributed by atoms with E-state index in [4.69, 9.17) is 4.74 Å². The molecule has 1 N–H and O–H groups in total. The molecule has 0 unspecified atom stereocenters. The van der Waals surface area contributed by atoms with Crippen molar-refractivity contribution in [3.8, 4) is 11.5 Å². The highest BCUT2D eigenvalue weighted by atomic mass is 127. The predicted octanol–water partition coefficient (Wildman–Crippen LogP) is 5.54. The molecule has 0 bridgehead atoms. The lowest BCUT2D eigenvalue weighted by Gasteiger charge is -2.17. The van der Waals surface area contributed by atoms with E-state index in [-0.39, 0.29) is 30.0 Å². The molecule has 1 aliphatic rings. The second kappa shape index (κ2) is 9.21. The molecule has 152 valence electrons. The lowest BCUT2D eigenvalue weighted by molar-refractivity contribution is -0.123. The Kier molecular flexibility index (Phi) is 6.89. The van der Waals surface area contributed by atoms with Crippen LogP contribution in [0.5, 0.6) is 11.5 Å². The van der Waals surface area contributed by atoms with E-state index in [0.29, 0.717) is 16.4 Å². The van der Waals surface area contributed by atoms with E-state index < -0.39 is 0 Å². The summed E-state index contributed by atoms with van der Waals surface area (Å²) in [6, 6.07) is 11.2. The number of hydrogen-bond acceptors (Lipinski definition) is 5. The van der Waals surface area contributed by atoms with Gasteiger partial charge in [-0.15, -0.1) is 0 Å². The maximum absolute atomic E-state index is 12.7. The molecule has 0 atom stereocenters. The summed E-state index contributed by atoms with van der Waals surface area (Å²) in [6.07, 6.45) is 1.56. The number of phenolic OH excluding ortho intramolecular Hbond substituents is 1. The molecule has 0 spiro atoms. The fourth-order valence-corrected chi connectivity index (χ4v) is 4.34. The number of carbonyl (C=O) groups excluding carboxylic acids is 2. The molecule has 2 amide bonds. The van der Waals surface area contributed by atoms with Crippen LogP contribution in [0.4, 0.5) is 4.79 Å². The third kappa shape index (κ3) is 5.14. The summed E-state index contributed by atoms with van der Waals surface area (Å²) >= 11 is 3.01. The third-order valence-corrected chi connectivity index (χ3v) is 6.09. The molecular weight excluding hydrogens is 501 g/mol. The maximum atomic E-state index is 12.7. The Labute approximate surface area is 188 Å². The normalized spacial score (nSPS) is 15.6. The summed E-state index contributed by atoms with van der Waals surface area (Å²) in [6.45, 7) is 6.59. The standard InChI is InChI=1S/C22H22INO4S/c1-13(2)17-6-4-14(3)10-19(17)28-9-8-24-21(26)20(29-22(24)27)12-15-11-16(23)5-7-18(15)25/h4-7,10-13,25H,8-9H2,1-3H3/b20-12-. The topological polar surface area (TPSA) is 66.8 Å². The fraction of sp³-hybridized carbons (Fsp3) is 0.273. The largest absolute Gasteiger partial charge is 0.507 e. The molecule has 5 nitrogen and oxygen atoms in total. The zero-order chi connectivity index (χ0) is 21.1. The van der Waals surface area contributed by atoms with Crippen molar-refractivity contribution in [1.82, 2.24) is 4.90 Å². The molecule has 7 heteroatoms. The Hall–Kier alpha value is -2.00. The minimum absolute atomic E-state index is 0.0706. The first-order chi connectivity index (χ1) is 13.8. The SMILES string of the molecule is Cc1ccc(C(C)C)c(OCCN2C(=O)S/C(=C\c3cc(I)ccc3O)C2=O)c1. The smallest absolute Gasteiger partial charge is 0.293 e. The number of imide groups is 1. The van der Waals surface area contributed by atoms with Gasteiger partial charge in [0.25, 0.3) is 11.1 Å². The van der Waals surface area contributed by atoms with Gasteiger partial charge in [0.15, 0.2) is 0 Å². The highest BCUT2D eigenvalue weighted by Gasteiger charge is 2.35. The first-order valence-electron chi connectivity index (χ1n) is 9.23. The van der Waals surface area contributed by atoms with E-state index in [9.17, 15) is 14.7 Å². The number of benzene rings is 2. The van der Waals surface area contributed by atoms with Crippen molar-refractivity contribution in [2.75, 3.05) is 13.2 Å². The average molecular weight is 523 g/mol. The van der Waals surface area contributed by atoms with Gasteiger partial charge >= 0.3 is 0 Å². The molecule has 1 heterocycles. The van der Waals surface area contributed by atoms with Crippen molar-refractivity contribution in [2.24, 2.45) is 0 Å². The summed E-state index contributed by atoms with van der Waals surface area (Å²) in [5, 5.41) is 9.66. The first kappa shape index (κ1) is 21.7. The van der Waals surface area contributed by atoms with Gasteiger partial charge in [0.05, 0.1) is 11.4 Å². The highest BCUT2D eigenvalue weighted by molar-refractivity contribution is 14.1. The fourth-order valence-electron chi connectivity index (χ4n) is 2.97. The number of hydrogen-bond donors (Lipinski definition) is 1. The second-order valence-corrected chi connectivity index (χ2v) is 9.32. The van der Waals surface area contributed by atoms with E-state index in [1.807, 2.05) is 25.1 Å². The van der Waals surface area contributed by atoms with Gasteiger partial charge in [-0.2, -0.15) is 0 Å². The van der Waals surface area contributed by atoms with Crippen molar-refractivity contribution in [3.63, 3.8) is 0 Å². The van der Waals surface area contributed by atoms with Gasteiger partial charge in [0.2, 0.25) is 0 Å². The Bertz CT molecular complexity index is 987. The molecule has 1 saturated heterocycles. The molecule has 1 fully saturated rings. The number of thioether (sulfide) groups is 1. The van der Waals surface area contributed by atoms with Gasteiger partial charge in [-0.25, -0.2) is 0 Å². The van der Waals surface area contributed by atoms with Crippen molar-refractivity contribution < 1.29 is 19.4 Å². The van der Waals surface area contributed by atoms with Gasteiger partial charge in [-0.3, -0.25) is 14.5 Å². The van der Waals surface area contributed by atoms with Crippen LogP contribution < -0.4 is 4.74 Å². The van der Waals surface area contributed by atoms with Crippen molar-refractivity contribution in [1.29, 1.82) is 0 Å². The van der Waals surface area contributed by atoms with Crippen LogP contribution in [-0.4, -0.2) is 34.3 Å². The van der Waals surface area contributed by atoms with Gasteiger partial charge in [-0.1, -0.05) is 26.0 Å². The van der Waals surface area contributed by atoms with Crippen LogP contribution in [-0.2, 0) is 4.79 Å². The van der Waals surface area contributed by atoms with Crippen molar-refractivity contribution >= 4 is 51.6 Å². The van der Waals surface area contributed by atoms with Crippen LogP contribution in [0.2, 0.25) is 0 Å². The molecule has 1 aliphatic heterocycles. The Morgan fingerprint density at radius 1 is 1.21 bits per heavy atom. The van der Waals surface area contributed by atoms with E-state index in [1.54, 1.807) is 24.3 Å². The van der Waals surface area contributed by atoms with Crippen LogP contribution in [0.3, 0.4) is 0 Å². The number of ether oxygens (including phenoxy) is 1. The van der Waals surface area contributed by atoms with Crippen LogP contribution in [0.25, 0.3) is 6.08 Å². The monoisotopic (exact) mass is 523 g/mol. The molecule has 2 aromatic rings. The van der Waals surface area contributed by atoms with E-state index in [0.717, 1.165) is 32.2 Å². The van der Waals surface area contributed by atoms with Gasteiger partial charge in [0, 0.05) is 9.13 Å². The number of carbonyl (C=O) groups is 2. The highest BCUT2D eigenvalue weighted by Crippen LogP contribution is 2.34. The first-order valence-corrected chi connectivity index (χ1v) is 11.1. The Morgan fingerprint density at radius 2 is 1.97 bits per heavy atom. The number of halogens is 1. The zero-order valence-corrected chi connectivity index (χ0v) is 19.4. The Morgan fingerprint density at radius 3 is 2.69 bits per heavy atom. The molecular formula is C22H22INO4S. The number of aromatic hydroxyl groups is 1. The van der Waals surface area contributed by atoms with Gasteiger partial charge in [-0.05, 0) is 88.7 Å². The summed E-state index contributed by atoms with van der Waals surface area (Å²) < 4.78 is 6.84. The molecule has 2 aromatic carbocycles. The molecule has 0 aromatic heterocycles. The minimum Gasteiger partial charge on any atom is -0.507 e. The molecule has 0 aliphatic carbocycles. The number of aryl methyl sites for hydroxylation is 1. The van der Waals surface area contributed by atoms with E-state index in [1.165, 1.54) is 4.90 Å². The predicted molar refractivity (Wildman–Crippen MR) is 124 cm³/mol.